The number of alkyl halides is 3. The molecule has 188 valence electrons. The number of halogens is 4. The molecule has 0 spiro atoms. The van der Waals surface area contributed by atoms with Crippen LogP contribution in [0.1, 0.15) is 55.7 Å². The molecule has 0 bridgehead atoms. The van der Waals surface area contributed by atoms with Crippen LogP contribution >= 0.6 is 0 Å². The van der Waals surface area contributed by atoms with E-state index in [1.807, 2.05) is 32.3 Å². The number of hydrogen-bond acceptors (Lipinski definition) is 2. The van der Waals surface area contributed by atoms with Crippen LogP contribution in [-0.2, 0) is 22.3 Å². The monoisotopic (exact) mass is 541 g/mol. The predicted octanol–water partition coefficient (Wildman–Crippen LogP) is 3.44. The second kappa shape index (κ2) is 11.7. The van der Waals surface area contributed by atoms with E-state index in [2.05, 4.69) is 26.0 Å². The van der Waals surface area contributed by atoms with E-state index in [-0.39, 0.29) is 41.5 Å². The number of esters is 1. The molecule has 4 atom stereocenters. The Balaban J connectivity index is 0.00000408. The van der Waals surface area contributed by atoms with E-state index in [0.717, 1.165) is 37.0 Å². The average Bonchev–Trinajstić information content (AvgIpc) is 2.73. The number of carbonyl (C=O) groups excluding carboxylic acids is 1. The van der Waals surface area contributed by atoms with Gasteiger partial charge in [0.05, 0.1) is 19.7 Å². The highest BCUT2D eigenvalue weighted by molar-refractivity contribution is 5.70. The van der Waals surface area contributed by atoms with Crippen LogP contribution in [0.15, 0.2) is 54.6 Å². The van der Waals surface area contributed by atoms with Gasteiger partial charge in [0.2, 0.25) is 0 Å². The van der Waals surface area contributed by atoms with Gasteiger partial charge in [-0.1, -0.05) is 62.7 Å². The summed E-state index contributed by atoms with van der Waals surface area (Å²) in [5, 5.41) is 0. The second-order valence-electron chi connectivity index (χ2n) is 10.3. The molecular weight excluding hydrogens is 507 g/mol. The van der Waals surface area contributed by atoms with Gasteiger partial charge in [0.15, 0.2) is 6.54 Å². The zero-order chi connectivity index (χ0) is 24.2. The van der Waals surface area contributed by atoms with E-state index in [9.17, 15) is 18.0 Å². The molecule has 0 saturated heterocycles. The minimum Gasteiger partial charge on any atom is -1.00 e. The van der Waals surface area contributed by atoms with Gasteiger partial charge < -0.3 is 26.2 Å². The van der Waals surface area contributed by atoms with E-state index >= 15 is 0 Å². The average molecular weight is 542 g/mol. The topological polar surface area (TPSA) is 26.3 Å². The number of nitrogens with zero attached hydrogens (tertiary/aromatic N) is 1. The Kier molecular flexibility index (Phi) is 9.78. The van der Waals surface area contributed by atoms with Crippen molar-refractivity contribution in [2.45, 2.75) is 57.9 Å². The smallest absolute Gasteiger partial charge is 0.416 e. The normalized spacial score (nSPS) is 21.9. The molecule has 0 heterocycles. The van der Waals surface area contributed by atoms with Crippen molar-refractivity contribution in [2.24, 2.45) is 11.8 Å². The number of carbonyl (C=O) groups is 1. The molecule has 1 saturated carbocycles. The summed E-state index contributed by atoms with van der Waals surface area (Å²) in [6.45, 7) is 5.02. The van der Waals surface area contributed by atoms with Crippen LogP contribution in [-0.4, -0.2) is 37.2 Å². The first-order valence-electron chi connectivity index (χ1n) is 11.7. The van der Waals surface area contributed by atoms with Gasteiger partial charge in [-0.15, -0.1) is 0 Å². The molecule has 7 heteroatoms. The number of benzene rings is 2. The molecule has 1 aliphatic carbocycles. The Bertz CT molecular complexity index is 916. The minimum atomic E-state index is -4.35. The molecule has 0 amide bonds. The highest BCUT2D eigenvalue weighted by Crippen LogP contribution is 2.39. The van der Waals surface area contributed by atoms with Crippen molar-refractivity contribution in [1.82, 2.24) is 0 Å². The molecule has 0 aliphatic heterocycles. The van der Waals surface area contributed by atoms with Gasteiger partial charge >= 0.3 is 12.1 Å². The predicted molar refractivity (Wildman–Crippen MR) is 123 cm³/mol. The van der Waals surface area contributed by atoms with Crippen molar-refractivity contribution in [3.8, 4) is 0 Å². The third-order valence-electron chi connectivity index (χ3n) is 6.80. The molecule has 2 aromatic carbocycles. The Hall–Kier alpha value is -1.86. The van der Waals surface area contributed by atoms with Gasteiger partial charge in [-0.25, -0.2) is 4.79 Å². The molecule has 0 radical (unpaired) electrons. The Morgan fingerprint density at radius 3 is 2.26 bits per heavy atom. The van der Waals surface area contributed by atoms with Crippen molar-refractivity contribution in [3.05, 3.63) is 71.3 Å². The quantitative estimate of drug-likeness (QED) is 0.396. The van der Waals surface area contributed by atoms with Crippen LogP contribution in [0.4, 0.5) is 13.2 Å². The molecule has 0 unspecified atom stereocenters. The summed E-state index contributed by atoms with van der Waals surface area (Å²) in [5.74, 6) is 0.831. The fraction of sp³-hybridized carbons (Fsp3) is 0.519. The first-order chi connectivity index (χ1) is 15.4. The zero-order valence-corrected chi connectivity index (χ0v) is 21.9. The van der Waals surface area contributed by atoms with Crippen molar-refractivity contribution in [3.63, 3.8) is 0 Å². The number of hydrogen-bond donors (Lipinski definition) is 0. The maximum Gasteiger partial charge on any atom is 0.416 e. The number of likely N-dealkylation sites (N-methyl/N-ethyl adjacent to an activating group) is 1. The summed E-state index contributed by atoms with van der Waals surface area (Å²) in [6.07, 6.45) is -1.45. The van der Waals surface area contributed by atoms with E-state index in [4.69, 9.17) is 4.74 Å². The van der Waals surface area contributed by atoms with Crippen LogP contribution in [0, 0.1) is 11.8 Å². The fourth-order valence-electron chi connectivity index (χ4n) is 4.97. The summed E-state index contributed by atoms with van der Waals surface area (Å²) in [4.78, 5) is 12.9. The highest BCUT2D eigenvalue weighted by Gasteiger charge is 2.36. The molecule has 0 aromatic heterocycles. The molecular formula is C27H35BrF3NO2. The second-order valence-corrected chi connectivity index (χ2v) is 10.3. The van der Waals surface area contributed by atoms with Gasteiger partial charge in [-0.3, -0.25) is 0 Å². The lowest BCUT2D eigenvalue weighted by Crippen LogP contribution is -3.00. The first kappa shape index (κ1) is 28.4. The summed E-state index contributed by atoms with van der Waals surface area (Å²) in [5.41, 5.74) is 1.35. The van der Waals surface area contributed by atoms with Crippen LogP contribution in [0.3, 0.4) is 0 Å². The van der Waals surface area contributed by atoms with Crippen LogP contribution < -0.4 is 17.0 Å². The van der Waals surface area contributed by atoms with E-state index < -0.39 is 11.7 Å². The molecule has 3 rings (SSSR count). The lowest BCUT2D eigenvalue weighted by atomic mass is 9.73. The molecule has 3 nitrogen and oxygen atoms in total. The lowest BCUT2D eigenvalue weighted by molar-refractivity contribution is -0.896. The van der Waals surface area contributed by atoms with Crippen LogP contribution in [0.5, 0.6) is 0 Å². The summed E-state index contributed by atoms with van der Waals surface area (Å²) < 4.78 is 44.8. The lowest BCUT2D eigenvalue weighted by Gasteiger charge is -2.38. The van der Waals surface area contributed by atoms with Crippen LogP contribution in [0.25, 0.3) is 0 Å². The van der Waals surface area contributed by atoms with Crippen molar-refractivity contribution < 1.29 is 44.2 Å². The van der Waals surface area contributed by atoms with Gasteiger partial charge in [-0.2, -0.15) is 13.2 Å². The maximum absolute atomic E-state index is 12.9. The van der Waals surface area contributed by atoms with Gasteiger partial charge in [0, 0.05) is 11.5 Å². The third-order valence-corrected chi connectivity index (χ3v) is 6.80. The molecule has 1 aliphatic rings. The van der Waals surface area contributed by atoms with Crippen molar-refractivity contribution >= 4 is 5.97 Å². The fourth-order valence-corrected chi connectivity index (χ4v) is 4.97. The van der Waals surface area contributed by atoms with Crippen molar-refractivity contribution in [1.29, 1.82) is 0 Å². The van der Waals surface area contributed by atoms with Crippen molar-refractivity contribution in [2.75, 3.05) is 20.6 Å². The summed E-state index contributed by atoms with van der Waals surface area (Å²) in [7, 11) is 3.79. The van der Waals surface area contributed by atoms with Crippen LogP contribution in [0.2, 0.25) is 0 Å². The Labute approximate surface area is 211 Å². The molecule has 2 aromatic rings. The number of rotatable bonds is 7. The SMILES string of the molecule is C[C@@H]1CC[C@@H]([C@H](C)c2ccccc2)[C@H](OC(=O)C[N+](C)(C)Cc2ccc(C(F)(F)F)cc2)C1.[Br-]. The van der Waals surface area contributed by atoms with E-state index in [0.29, 0.717) is 22.9 Å². The van der Waals surface area contributed by atoms with E-state index in [1.165, 1.54) is 17.7 Å². The summed E-state index contributed by atoms with van der Waals surface area (Å²) in [6, 6.07) is 15.5. The Morgan fingerprint density at radius 1 is 1.06 bits per heavy atom. The maximum atomic E-state index is 12.9. The largest absolute Gasteiger partial charge is 1.00 e. The molecule has 0 N–H and O–H groups in total. The summed E-state index contributed by atoms with van der Waals surface area (Å²) >= 11 is 0. The van der Waals surface area contributed by atoms with Gasteiger partial charge in [0.25, 0.3) is 0 Å². The first-order valence-corrected chi connectivity index (χ1v) is 11.7. The van der Waals surface area contributed by atoms with Gasteiger partial charge in [0.1, 0.15) is 12.6 Å². The zero-order valence-electron chi connectivity index (χ0n) is 20.3. The number of ether oxygens (including phenoxy) is 1. The third kappa shape index (κ3) is 7.84. The molecule has 34 heavy (non-hydrogen) atoms. The standard InChI is InChI=1S/C27H35F3NO2.BrH/c1-19-10-15-24(20(2)22-8-6-5-7-9-22)25(16-19)33-26(32)18-31(3,4)17-21-11-13-23(14-12-21)27(28,29)30;/h5-9,11-14,19-20,24-25H,10,15-18H2,1-4H3;1H/q+1;/p-1/t19-,20-,24+,25-;/m1./s1. The van der Waals surface area contributed by atoms with E-state index in [1.54, 1.807) is 0 Å². The van der Waals surface area contributed by atoms with Gasteiger partial charge in [-0.05, 0) is 42.4 Å². The highest BCUT2D eigenvalue weighted by atomic mass is 79.9. The molecule has 1 fully saturated rings. The Morgan fingerprint density at radius 2 is 1.68 bits per heavy atom. The minimum absolute atomic E-state index is 0. The number of quaternary nitrogens is 1.